The molecule has 2 aromatic rings. The van der Waals surface area contributed by atoms with Gasteiger partial charge in [0.2, 0.25) is 0 Å². The summed E-state index contributed by atoms with van der Waals surface area (Å²) < 4.78 is 4.97. The van der Waals surface area contributed by atoms with Crippen molar-refractivity contribution in [2.75, 3.05) is 12.3 Å². The van der Waals surface area contributed by atoms with E-state index >= 15 is 0 Å². The third-order valence-electron chi connectivity index (χ3n) is 2.48. The van der Waals surface area contributed by atoms with Crippen molar-refractivity contribution in [1.29, 1.82) is 0 Å². The Morgan fingerprint density at radius 2 is 2.20 bits per heavy atom. The SMILES string of the molecule is CCOC(=O)c1cccc(Sc2ccc(Cl)cn2)c1N. The second kappa shape index (κ2) is 6.63. The highest BCUT2D eigenvalue weighted by Crippen LogP contribution is 2.33. The molecular formula is C14H13ClN2O2S. The Balaban J connectivity index is 2.26. The maximum Gasteiger partial charge on any atom is 0.340 e. The number of carbonyl (C=O) groups excluding carboxylic acids is 1. The zero-order chi connectivity index (χ0) is 14.5. The van der Waals surface area contributed by atoms with E-state index in [1.54, 1.807) is 37.4 Å². The first-order valence-corrected chi connectivity index (χ1v) is 7.16. The summed E-state index contributed by atoms with van der Waals surface area (Å²) in [5.41, 5.74) is 6.78. The van der Waals surface area contributed by atoms with Crippen molar-refractivity contribution in [3.05, 3.63) is 47.1 Å². The topological polar surface area (TPSA) is 65.2 Å². The Kier molecular flexibility index (Phi) is 4.87. The summed E-state index contributed by atoms with van der Waals surface area (Å²) in [6, 6.07) is 8.79. The minimum atomic E-state index is -0.420. The molecule has 0 radical (unpaired) electrons. The Hall–Kier alpha value is -1.72. The van der Waals surface area contributed by atoms with Gasteiger partial charge in [-0.05, 0) is 31.2 Å². The Morgan fingerprint density at radius 1 is 1.40 bits per heavy atom. The van der Waals surface area contributed by atoms with Crippen molar-refractivity contribution in [2.45, 2.75) is 16.8 Å². The molecule has 104 valence electrons. The largest absolute Gasteiger partial charge is 0.462 e. The van der Waals surface area contributed by atoms with Gasteiger partial charge in [-0.3, -0.25) is 0 Å². The van der Waals surface area contributed by atoms with Crippen LogP contribution in [0.3, 0.4) is 0 Å². The van der Waals surface area contributed by atoms with Gasteiger partial charge in [0.15, 0.2) is 0 Å². The molecule has 6 heteroatoms. The summed E-state index contributed by atoms with van der Waals surface area (Å²) in [4.78, 5) is 16.7. The van der Waals surface area contributed by atoms with Gasteiger partial charge in [-0.15, -0.1) is 0 Å². The molecule has 0 aliphatic heterocycles. The first-order valence-electron chi connectivity index (χ1n) is 5.97. The van der Waals surface area contributed by atoms with Crippen molar-refractivity contribution >= 4 is 35.0 Å². The van der Waals surface area contributed by atoms with Crippen LogP contribution in [0.5, 0.6) is 0 Å². The average molecular weight is 309 g/mol. The van der Waals surface area contributed by atoms with Crippen molar-refractivity contribution in [3.63, 3.8) is 0 Å². The molecule has 0 bridgehead atoms. The minimum absolute atomic E-state index is 0.314. The van der Waals surface area contributed by atoms with Gasteiger partial charge in [-0.2, -0.15) is 0 Å². The first kappa shape index (κ1) is 14.7. The van der Waals surface area contributed by atoms with Gasteiger partial charge in [0, 0.05) is 11.1 Å². The lowest BCUT2D eigenvalue weighted by Crippen LogP contribution is -2.08. The van der Waals surface area contributed by atoms with E-state index in [2.05, 4.69) is 4.98 Å². The summed E-state index contributed by atoms with van der Waals surface area (Å²) in [7, 11) is 0. The highest BCUT2D eigenvalue weighted by Gasteiger charge is 2.14. The maximum atomic E-state index is 11.8. The number of hydrogen-bond acceptors (Lipinski definition) is 5. The number of anilines is 1. The van der Waals surface area contributed by atoms with E-state index in [1.165, 1.54) is 11.8 Å². The number of carbonyl (C=O) groups is 1. The van der Waals surface area contributed by atoms with Crippen molar-refractivity contribution in [3.8, 4) is 0 Å². The predicted molar refractivity (Wildman–Crippen MR) is 80.2 cm³/mol. The molecule has 0 saturated heterocycles. The molecular weight excluding hydrogens is 296 g/mol. The highest BCUT2D eigenvalue weighted by atomic mass is 35.5. The predicted octanol–water partition coefficient (Wildman–Crippen LogP) is 3.65. The maximum absolute atomic E-state index is 11.8. The Morgan fingerprint density at radius 3 is 2.85 bits per heavy atom. The number of halogens is 1. The molecule has 0 unspecified atom stereocenters. The number of nitrogens with two attached hydrogens (primary N) is 1. The molecule has 0 spiro atoms. The van der Waals surface area contributed by atoms with Gasteiger partial charge in [0.25, 0.3) is 0 Å². The minimum Gasteiger partial charge on any atom is -0.462 e. The van der Waals surface area contributed by atoms with Crippen LogP contribution >= 0.6 is 23.4 Å². The van der Waals surface area contributed by atoms with Crippen LogP contribution in [0.1, 0.15) is 17.3 Å². The van der Waals surface area contributed by atoms with Gasteiger partial charge < -0.3 is 10.5 Å². The fourth-order valence-electron chi connectivity index (χ4n) is 1.56. The van der Waals surface area contributed by atoms with Crippen LogP contribution in [-0.2, 0) is 4.74 Å². The summed E-state index contributed by atoms with van der Waals surface area (Å²) in [6.45, 7) is 2.07. The number of ether oxygens (including phenoxy) is 1. The number of hydrogen-bond donors (Lipinski definition) is 1. The normalized spacial score (nSPS) is 10.3. The molecule has 0 amide bonds. The van der Waals surface area contributed by atoms with E-state index in [1.807, 2.05) is 6.07 Å². The summed E-state index contributed by atoms with van der Waals surface area (Å²) in [6.07, 6.45) is 1.56. The number of benzene rings is 1. The molecule has 20 heavy (non-hydrogen) atoms. The van der Waals surface area contributed by atoms with Gasteiger partial charge in [0.1, 0.15) is 5.03 Å². The third-order valence-corrected chi connectivity index (χ3v) is 3.73. The van der Waals surface area contributed by atoms with Crippen LogP contribution in [-0.4, -0.2) is 17.6 Å². The van der Waals surface area contributed by atoms with Crippen LogP contribution in [0.15, 0.2) is 46.5 Å². The van der Waals surface area contributed by atoms with Gasteiger partial charge in [-0.1, -0.05) is 29.4 Å². The number of pyridine rings is 1. The van der Waals surface area contributed by atoms with Crippen molar-refractivity contribution < 1.29 is 9.53 Å². The van der Waals surface area contributed by atoms with Crippen molar-refractivity contribution in [2.24, 2.45) is 0 Å². The van der Waals surface area contributed by atoms with Crippen LogP contribution in [0.25, 0.3) is 0 Å². The molecule has 4 nitrogen and oxygen atoms in total. The fraction of sp³-hybridized carbons (Fsp3) is 0.143. The average Bonchev–Trinajstić information content (AvgIpc) is 2.44. The molecule has 0 atom stereocenters. The molecule has 1 aromatic carbocycles. The van der Waals surface area contributed by atoms with Gasteiger partial charge in [-0.25, -0.2) is 9.78 Å². The lowest BCUT2D eigenvalue weighted by molar-refractivity contribution is 0.0527. The molecule has 2 N–H and O–H groups in total. The van der Waals surface area contributed by atoms with Gasteiger partial charge >= 0.3 is 5.97 Å². The van der Waals surface area contributed by atoms with E-state index in [-0.39, 0.29) is 0 Å². The summed E-state index contributed by atoms with van der Waals surface area (Å²) in [5.74, 6) is -0.420. The van der Waals surface area contributed by atoms with E-state index in [0.717, 1.165) is 9.92 Å². The molecule has 0 aliphatic carbocycles. The molecule has 1 aromatic heterocycles. The second-order valence-electron chi connectivity index (χ2n) is 3.85. The van der Waals surface area contributed by atoms with Crippen LogP contribution in [0, 0.1) is 0 Å². The number of rotatable bonds is 4. The van der Waals surface area contributed by atoms with Crippen molar-refractivity contribution in [1.82, 2.24) is 4.98 Å². The standard InChI is InChI=1S/C14H13ClN2O2S/c1-2-19-14(18)10-4-3-5-11(13(10)16)20-12-7-6-9(15)8-17-12/h3-8H,2,16H2,1H3. The fourth-order valence-corrected chi connectivity index (χ4v) is 2.50. The zero-order valence-electron chi connectivity index (χ0n) is 10.8. The summed E-state index contributed by atoms with van der Waals surface area (Å²) >= 11 is 7.16. The molecule has 0 saturated carbocycles. The lowest BCUT2D eigenvalue weighted by Gasteiger charge is -2.09. The number of nitrogen functional groups attached to an aromatic ring is 1. The molecule has 0 fully saturated rings. The molecule has 2 rings (SSSR count). The second-order valence-corrected chi connectivity index (χ2v) is 5.35. The number of esters is 1. The smallest absolute Gasteiger partial charge is 0.340 e. The summed E-state index contributed by atoms with van der Waals surface area (Å²) in [5, 5.41) is 1.32. The number of para-hydroxylation sites is 1. The third kappa shape index (κ3) is 3.43. The Labute approximate surface area is 126 Å². The zero-order valence-corrected chi connectivity index (χ0v) is 12.4. The highest BCUT2D eigenvalue weighted by molar-refractivity contribution is 7.99. The lowest BCUT2D eigenvalue weighted by atomic mass is 10.2. The molecule has 0 aliphatic rings. The van der Waals surface area contributed by atoms with Crippen LogP contribution < -0.4 is 5.73 Å². The van der Waals surface area contributed by atoms with E-state index in [0.29, 0.717) is 22.9 Å². The number of nitrogens with zero attached hydrogens (tertiary/aromatic N) is 1. The van der Waals surface area contributed by atoms with E-state index < -0.39 is 5.97 Å². The first-order chi connectivity index (χ1) is 9.61. The van der Waals surface area contributed by atoms with Gasteiger partial charge in [0.05, 0.1) is 22.9 Å². The van der Waals surface area contributed by atoms with E-state index in [9.17, 15) is 4.79 Å². The monoisotopic (exact) mass is 308 g/mol. The van der Waals surface area contributed by atoms with E-state index in [4.69, 9.17) is 22.1 Å². The van der Waals surface area contributed by atoms with Crippen LogP contribution in [0.4, 0.5) is 5.69 Å². The quantitative estimate of drug-likeness (QED) is 0.690. The van der Waals surface area contributed by atoms with Crippen LogP contribution in [0.2, 0.25) is 5.02 Å². The molecule has 1 heterocycles. The number of aromatic nitrogens is 1. The Bertz CT molecular complexity index is 617.